The van der Waals surface area contributed by atoms with E-state index in [1.54, 1.807) is 36.4 Å². The molecule has 2 saturated heterocycles. The monoisotopic (exact) mass is 1340 g/mol. The second kappa shape index (κ2) is 32.2. The molecule has 9 aliphatic heterocycles. The van der Waals surface area contributed by atoms with Gasteiger partial charge in [0, 0.05) is 0 Å². The number of carboxylic acid groups (broad SMARTS) is 3. The van der Waals surface area contributed by atoms with E-state index in [2.05, 4.69) is 0 Å². The van der Waals surface area contributed by atoms with Gasteiger partial charge in [-0.25, -0.2) is 45.1 Å². The zero-order valence-corrected chi connectivity index (χ0v) is 51.5. The predicted molar refractivity (Wildman–Crippen MR) is 328 cm³/mol. The number of fused-ring (bicyclic) bond motifs is 7. The minimum Gasteiger partial charge on any atom is -0.487 e. The Labute approximate surface area is 546 Å². The summed E-state index contributed by atoms with van der Waals surface area (Å²) in [4.78, 5) is 52.8. The molecule has 506 valence electrons. The van der Waals surface area contributed by atoms with Crippen LogP contribution in [0.1, 0.15) is 83.9 Å². The summed E-state index contributed by atoms with van der Waals surface area (Å²) in [6, 6.07) is 30.5. The zero-order chi connectivity index (χ0) is 68.0. The van der Waals surface area contributed by atoms with Gasteiger partial charge in [0.15, 0.2) is 43.1 Å². The topological polar surface area (TPSA) is 236 Å². The summed E-state index contributed by atoms with van der Waals surface area (Å²) in [6.07, 6.45) is 8.48. The summed E-state index contributed by atoms with van der Waals surface area (Å²) in [5, 5.41) is 26.2. The van der Waals surface area contributed by atoms with Gasteiger partial charge in [-0.2, -0.15) is 0 Å². The number of aryl methyl sites for hydroxylation is 7. The molecule has 24 heteroatoms. The minimum absolute atomic E-state index is 0.174. The highest BCUT2D eigenvalue weighted by molar-refractivity contribution is 5.74. The maximum Gasteiger partial charge on any atom is 0.344 e. The van der Waals surface area contributed by atoms with Crippen molar-refractivity contribution in [3.63, 3.8) is 0 Å². The van der Waals surface area contributed by atoms with Crippen LogP contribution in [0.4, 0.5) is 30.7 Å². The van der Waals surface area contributed by atoms with Crippen molar-refractivity contribution in [2.75, 3.05) is 13.2 Å². The van der Waals surface area contributed by atoms with Crippen LogP contribution in [0.3, 0.4) is 0 Å². The van der Waals surface area contributed by atoms with E-state index < -0.39 is 36.2 Å². The molecule has 3 N–H and O–H groups in total. The minimum atomic E-state index is -0.972. The number of carbonyl (C=O) groups is 5. The Morgan fingerprint density at radius 2 is 0.510 bits per heavy atom. The van der Waals surface area contributed by atoms with Crippen molar-refractivity contribution < 1.29 is 113 Å². The molecule has 0 radical (unpaired) electrons. The molecule has 3 unspecified atom stereocenters. The number of carboxylic acids is 3. The predicted octanol–water partition coefficient (Wildman–Crippen LogP) is 12.1. The lowest BCUT2D eigenvalue weighted by Crippen LogP contribution is -2.30. The summed E-state index contributed by atoms with van der Waals surface area (Å²) in [6.45, 7) is 1.61. The van der Waals surface area contributed by atoms with Crippen LogP contribution in [0.2, 0.25) is 0 Å². The lowest BCUT2D eigenvalue weighted by molar-refractivity contribution is -0.146. The third kappa shape index (κ3) is 19.3. The summed E-state index contributed by atoms with van der Waals surface area (Å²) in [5.41, 5.74) is 5.85. The van der Waals surface area contributed by atoms with Crippen LogP contribution in [0, 0.1) is 40.7 Å². The summed E-state index contributed by atoms with van der Waals surface area (Å²) < 4.78 is 138. The number of hydrogen-bond donors (Lipinski definition) is 3. The Morgan fingerprint density at radius 3 is 0.729 bits per heavy atom. The Morgan fingerprint density at radius 1 is 0.302 bits per heavy atom. The maximum absolute atomic E-state index is 12.9. The molecule has 96 heavy (non-hydrogen) atoms. The van der Waals surface area contributed by atoms with Crippen molar-refractivity contribution in [1.29, 1.82) is 0 Å². The van der Waals surface area contributed by atoms with Gasteiger partial charge in [0.1, 0.15) is 105 Å². The molecule has 0 amide bonds. The lowest BCUT2D eigenvalue weighted by Gasteiger charge is -2.24. The van der Waals surface area contributed by atoms with Gasteiger partial charge in [0.05, 0.1) is 13.2 Å². The number of rotatable bonds is 7. The van der Waals surface area contributed by atoms with Crippen molar-refractivity contribution in [3.05, 3.63) is 207 Å². The number of hydrogen-bond acceptors (Lipinski definition) is 14. The molecule has 7 aromatic carbocycles. The summed E-state index contributed by atoms with van der Waals surface area (Å²) in [5.74, 6) is -0.435. The van der Waals surface area contributed by atoms with Crippen molar-refractivity contribution in [1.82, 2.24) is 0 Å². The maximum atomic E-state index is 12.9. The fourth-order valence-electron chi connectivity index (χ4n) is 11.4. The van der Waals surface area contributed by atoms with E-state index in [-0.39, 0.29) is 77.3 Å². The fraction of sp³-hybridized carbons (Fsp3) is 0.347. The number of ether oxygens (including phenoxy) is 9. The van der Waals surface area contributed by atoms with E-state index >= 15 is 0 Å². The Kier molecular flexibility index (Phi) is 23.2. The van der Waals surface area contributed by atoms with Crippen molar-refractivity contribution >= 4 is 30.5 Å². The first-order chi connectivity index (χ1) is 46.2. The smallest absolute Gasteiger partial charge is 0.344 e. The van der Waals surface area contributed by atoms with Crippen LogP contribution in [0.5, 0.6) is 40.2 Å². The van der Waals surface area contributed by atoms with Gasteiger partial charge in [-0.3, -0.25) is 9.59 Å². The first kappa shape index (κ1) is 69.2. The normalized spacial score (nSPS) is 22.6. The second-order valence-electron chi connectivity index (χ2n) is 23.5. The highest BCUT2D eigenvalue weighted by Crippen LogP contribution is 2.36. The van der Waals surface area contributed by atoms with E-state index in [9.17, 15) is 54.7 Å². The first-order valence-corrected chi connectivity index (χ1v) is 31.2. The van der Waals surface area contributed by atoms with Crippen LogP contribution < -0.4 is 33.2 Å². The van der Waals surface area contributed by atoms with E-state index in [1.165, 1.54) is 91.0 Å². The third-order valence-corrected chi connectivity index (χ3v) is 16.6. The van der Waals surface area contributed by atoms with E-state index in [0.717, 1.165) is 102 Å². The molecule has 9 aliphatic rings. The van der Waals surface area contributed by atoms with E-state index in [4.69, 9.17) is 58.0 Å². The molecule has 16 rings (SSSR count). The summed E-state index contributed by atoms with van der Waals surface area (Å²) in [7, 11) is 0. The number of aliphatic carboxylic acids is 3. The van der Waals surface area contributed by atoms with Gasteiger partial charge in [-0.05, 0) is 256 Å². The van der Waals surface area contributed by atoms with Crippen LogP contribution in [-0.4, -0.2) is 114 Å². The number of benzene rings is 7. The highest BCUT2D eigenvalue weighted by Gasteiger charge is 2.38. The molecule has 7 aromatic rings. The molecule has 0 aromatic heterocycles. The molecular formula is C72H67F7O17. The molecule has 9 heterocycles. The second-order valence-corrected chi connectivity index (χ2v) is 23.5. The molecule has 17 nitrogen and oxygen atoms in total. The lowest BCUT2D eigenvalue weighted by atomic mass is 10.0. The van der Waals surface area contributed by atoms with Crippen molar-refractivity contribution in [2.24, 2.45) is 0 Å². The van der Waals surface area contributed by atoms with Gasteiger partial charge in [-0.1, -0.05) is 0 Å². The largest absolute Gasteiger partial charge is 0.487 e. The van der Waals surface area contributed by atoms with Crippen LogP contribution in [0.25, 0.3) is 0 Å². The summed E-state index contributed by atoms with van der Waals surface area (Å²) >= 11 is 0. The average molecular weight is 1340 g/mol. The van der Waals surface area contributed by atoms with Crippen LogP contribution in [0.15, 0.2) is 127 Å². The van der Waals surface area contributed by atoms with E-state index in [1.807, 2.05) is 0 Å². The van der Waals surface area contributed by atoms with Crippen molar-refractivity contribution in [3.8, 4) is 40.2 Å². The van der Waals surface area contributed by atoms with Crippen LogP contribution >= 0.6 is 0 Å². The van der Waals surface area contributed by atoms with Crippen LogP contribution in [-0.2, 0) is 78.4 Å². The zero-order valence-electron chi connectivity index (χ0n) is 51.5. The molecule has 2 fully saturated rings. The van der Waals surface area contributed by atoms with Crippen molar-refractivity contribution in [2.45, 2.75) is 145 Å². The molecular weight excluding hydrogens is 1270 g/mol. The Hall–Kier alpha value is -9.68. The number of halogens is 7. The number of aldehydes is 2. The number of epoxide rings is 2. The van der Waals surface area contributed by atoms with Gasteiger partial charge < -0.3 is 58.0 Å². The molecule has 0 aliphatic carbocycles. The quantitative estimate of drug-likeness (QED) is 0.0764. The Bertz CT molecular complexity index is 3600. The first-order valence-electron chi connectivity index (χ1n) is 31.2. The molecule has 0 saturated carbocycles. The third-order valence-electron chi connectivity index (χ3n) is 16.6. The standard InChI is InChI=1S/2C11H11FO2.3C10H9FO3.2C10H9FO2/c2*12-8-2-4-9-7(5-8)1-3-10(14-9)11-6-13-11;3*11-7-2-4-8-6(5-7)1-3-9(14-8)10(12)13;2*11-8-2-4-10-7(5-8)1-3-9(6-12)13-10/h2*2,4-5,10-11H,1,3,6H2;3*2,4-5,9H,1,3H2,(H,12,13);2*2,4-6,9H,1,3H2/t2*10-,11?;2*9-;;2*9-/m1010.10/s1. The van der Waals surface area contributed by atoms with Gasteiger partial charge in [-0.15, -0.1) is 0 Å². The molecule has 0 bridgehead atoms. The van der Waals surface area contributed by atoms with Gasteiger partial charge in [0.2, 0.25) is 0 Å². The Balaban J connectivity index is 0.000000122. The molecule has 9 atom stereocenters. The average Bonchev–Trinajstić information content (AvgIpc) is 1.64. The highest BCUT2D eigenvalue weighted by atomic mass is 19.2. The number of carbonyl (C=O) groups excluding carboxylic acids is 2. The van der Waals surface area contributed by atoms with Gasteiger partial charge in [0.25, 0.3) is 0 Å². The van der Waals surface area contributed by atoms with Gasteiger partial charge >= 0.3 is 17.9 Å². The SMILES string of the molecule is Fc1ccc2c(c1)CC[C@@H](C1CO1)O2.Fc1ccc2c(c1)CC[C@H](C1CO1)O2.O=C(O)C1CCc2cc(F)ccc2O1.O=C(O)[C@@H]1CCc2cc(F)ccc2O1.O=C(O)[C@H]1CCc2cc(F)ccc2O1.O=C[C@@H]1CCc2cc(F)ccc2O1.O=C[C@H]1CCc2cc(F)ccc2O1. The fourth-order valence-corrected chi connectivity index (χ4v) is 11.4. The van der Waals surface area contributed by atoms with E-state index in [0.29, 0.717) is 93.0 Å². The molecule has 0 spiro atoms.